The van der Waals surface area contributed by atoms with Gasteiger partial charge in [-0.2, -0.15) is 0 Å². The quantitative estimate of drug-likeness (QED) is 0.859. The average Bonchev–Trinajstić information content (AvgIpc) is 2.82. The highest BCUT2D eigenvalue weighted by molar-refractivity contribution is 6.53. The number of carbonyl (C=O) groups is 1. The van der Waals surface area contributed by atoms with Crippen molar-refractivity contribution in [3.8, 4) is 0 Å². The molecule has 2 rings (SSSR count). The summed E-state index contributed by atoms with van der Waals surface area (Å²) < 4.78 is 23.3. The summed E-state index contributed by atoms with van der Waals surface area (Å²) in [5.74, 6) is -2.52. The summed E-state index contributed by atoms with van der Waals surface area (Å²) in [4.78, 5) is 10.8. The predicted molar refractivity (Wildman–Crippen MR) is 59.7 cm³/mol. The van der Waals surface area contributed by atoms with Crippen LogP contribution < -0.4 is 0 Å². The highest BCUT2D eigenvalue weighted by atomic mass is 35.5. The second-order valence-corrected chi connectivity index (χ2v) is 5.38. The molecule has 0 aromatic heterocycles. The molecule has 1 N–H and O–H groups in total. The Balaban J connectivity index is 2.23. The van der Waals surface area contributed by atoms with Gasteiger partial charge < -0.3 is 5.11 Å². The molecule has 0 aliphatic heterocycles. The van der Waals surface area contributed by atoms with E-state index in [1.165, 1.54) is 24.3 Å². The fourth-order valence-corrected chi connectivity index (χ4v) is 2.71. The van der Waals surface area contributed by atoms with Crippen LogP contribution >= 0.6 is 23.2 Å². The Hall–Kier alpha value is -0.870. The normalized spacial score (nSPS) is 25.9. The van der Waals surface area contributed by atoms with Gasteiger partial charge in [-0.25, -0.2) is 8.78 Å². The van der Waals surface area contributed by atoms with E-state index in [9.17, 15) is 13.6 Å². The molecule has 1 aliphatic carbocycles. The Labute approximate surface area is 106 Å². The van der Waals surface area contributed by atoms with Gasteiger partial charge in [0.25, 0.3) is 6.43 Å². The minimum Gasteiger partial charge on any atom is -0.481 e. The molecule has 6 heteroatoms. The molecule has 17 heavy (non-hydrogen) atoms. The molecule has 1 aromatic carbocycles. The van der Waals surface area contributed by atoms with Crippen LogP contribution in [0.4, 0.5) is 8.78 Å². The molecule has 0 spiro atoms. The number of aliphatic carboxylic acids is 1. The van der Waals surface area contributed by atoms with Crippen LogP contribution in [0.15, 0.2) is 24.3 Å². The summed E-state index contributed by atoms with van der Waals surface area (Å²) in [5.41, 5.74) is 0.447. The Morgan fingerprint density at radius 1 is 1.29 bits per heavy atom. The van der Waals surface area contributed by atoms with Gasteiger partial charge >= 0.3 is 5.97 Å². The van der Waals surface area contributed by atoms with Crippen molar-refractivity contribution in [2.45, 2.75) is 16.7 Å². The molecule has 0 amide bonds. The van der Waals surface area contributed by atoms with Gasteiger partial charge in [-0.05, 0) is 5.56 Å². The van der Waals surface area contributed by atoms with E-state index < -0.39 is 28.6 Å². The van der Waals surface area contributed by atoms with Gasteiger partial charge in [-0.3, -0.25) is 4.79 Å². The van der Waals surface area contributed by atoms with Crippen LogP contribution in [0.1, 0.15) is 23.5 Å². The van der Waals surface area contributed by atoms with Crippen molar-refractivity contribution in [3.63, 3.8) is 0 Å². The van der Waals surface area contributed by atoms with Gasteiger partial charge in [0.1, 0.15) is 4.33 Å². The third-order valence-corrected chi connectivity index (χ3v) is 3.81. The SMILES string of the molecule is O=C(O)[C@H]1[C@H](c2ccc(C(F)F)cc2)C1(Cl)Cl. The lowest BCUT2D eigenvalue weighted by Crippen LogP contribution is -2.03. The maximum absolute atomic E-state index is 12.3. The van der Waals surface area contributed by atoms with Crippen molar-refractivity contribution in [2.75, 3.05) is 0 Å². The number of halogens is 4. The van der Waals surface area contributed by atoms with E-state index in [0.29, 0.717) is 5.56 Å². The van der Waals surface area contributed by atoms with E-state index in [0.717, 1.165) is 0 Å². The maximum atomic E-state index is 12.3. The van der Waals surface area contributed by atoms with Gasteiger partial charge in [0.05, 0.1) is 5.92 Å². The lowest BCUT2D eigenvalue weighted by molar-refractivity contribution is -0.138. The molecule has 1 aromatic rings. The van der Waals surface area contributed by atoms with Crippen LogP contribution in [0, 0.1) is 5.92 Å². The second kappa shape index (κ2) is 4.10. The number of benzene rings is 1. The van der Waals surface area contributed by atoms with Gasteiger partial charge in [-0.1, -0.05) is 47.5 Å². The fourth-order valence-electron chi connectivity index (χ4n) is 1.90. The van der Waals surface area contributed by atoms with Crippen LogP contribution in [-0.4, -0.2) is 15.4 Å². The molecule has 2 nitrogen and oxygen atoms in total. The van der Waals surface area contributed by atoms with E-state index in [-0.39, 0.29) is 5.56 Å². The summed E-state index contributed by atoms with van der Waals surface area (Å²) in [6, 6.07) is 5.38. The standard InChI is InChI=1S/C11H8Cl2F2O2/c12-11(13)7(8(11)10(16)17)5-1-3-6(4-2-5)9(14)15/h1-4,7-9H,(H,16,17)/t7-,8+/m0/s1. The first-order valence-electron chi connectivity index (χ1n) is 4.84. The zero-order valence-electron chi connectivity index (χ0n) is 8.41. The van der Waals surface area contributed by atoms with Crippen molar-refractivity contribution < 1.29 is 18.7 Å². The number of hydrogen-bond acceptors (Lipinski definition) is 1. The van der Waals surface area contributed by atoms with Crippen LogP contribution in [0.5, 0.6) is 0 Å². The summed E-state index contributed by atoms with van der Waals surface area (Å²) in [7, 11) is 0. The van der Waals surface area contributed by atoms with E-state index >= 15 is 0 Å². The van der Waals surface area contributed by atoms with E-state index in [2.05, 4.69) is 0 Å². The monoisotopic (exact) mass is 280 g/mol. The first kappa shape index (κ1) is 12.6. The van der Waals surface area contributed by atoms with Crippen molar-refractivity contribution in [1.82, 2.24) is 0 Å². The second-order valence-electron chi connectivity index (χ2n) is 3.94. The first-order valence-corrected chi connectivity index (χ1v) is 5.60. The smallest absolute Gasteiger partial charge is 0.310 e. The average molecular weight is 281 g/mol. The summed E-state index contributed by atoms with van der Waals surface area (Å²) in [6.45, 7) is 0. The van der Waals surface area contributed by atoms with Crippen molar-refractivity contribution >= 4 is 29.2 Å². The van der Waals surface area contributed by atoms with Crippen molar-refractivity contribution in [1.29, 1.82) is 0 Å². The highest BCUT2D eigenvalue weighted by Crippen LogP contribution is 2.64. The molecule has 1 saturated carbocycles. The largest absolute Gasteiger partial charge is 0.481 e. The molecule has 0 bridgehead atoms. The molecule has 1 fully saturated rings. The number of carboxylic acids is 1. The first-order chi connectivity index (χ1) is 7.85. The number of alkyl halides is 4. The van der Waals surface area contributed by atoms with Crippen LogP contribution in [-0.2, 0) is 4.79 Å². The zero-order chi connectivity index (χ0) is 12.8. The molecule has 1 aliphatic rings. The zero-order valence-corrected chi connectivity index (χ0v) is 9.92. The maximum Gasteiger partial charge on any atom is 0.310 e. The van der Waals surface area contributed by atoms with Crippen molar-refractivity contribution in [2.24, 2.45) is 5.92 Å². The minimum atomic E-state index is -2.55. The Bertz CT molecular complexity index is 445. The van der Waals surface area contributed by atoms with E-state index in [4.69, 9.17) is 28.3 Å². The molecule has 2 atom stereocenters. The highest BCUT2D eigenvalue weighted by Gasteiger charge is 2.68. The third-order valence-electron chi connectivity index (χ3n) is 2.87. The molecule has 0 saturated heterocycles. The van der Waals surface area contributed by atoms with Gasteiger partial charge in [-0.15, -0.1) is 0 Å². The lowest BCUT2D eigenvalue weighted by Gasteiger charge is -2.02. The van der Waals surface area contributed by atoms with E-state index in [1.54, 1.807) is 0 Å². The van der Waals surface area contributed by atoms with Crippen molar-refractivity contribution in [3.05, 3.63) is 35.4 Å². The minimum absolute atomic E-state index is 0.115. The Morgan fingerprint density at radius 3 is 2.18 bits per heavy atom. The molecular weight excluding hydrogens is 273 g/mol. The molecule has 0 radical (unpaired) electrons. The Morgan fingerprint density at radius 2 is 1.82 bits per heavy atom. The van der Waals surface area contributed by atoms with Gasteiger partial charge in [0.2, 0.25) is 0 Å². The predicted octanol–water partition coefficient (Wildman–Crippen LogP) is 3.60. The van der Waals surface area contributed by atoms with Crippen LogP contribution in [0.25, 0.3) is 0 Å². The lowest BCUT2D eigenvalue weighted by atomic mass is 10.1. The van der Waals surface area contributed by atoms with E-state index in [1.807, 2.05) is 0 Å². The molecule has 92 valence electrons. The molecular formula is C11H8Cl2F2O2. The third kappa shape index (κ3) is 2.11. The summed E-state index contributed by atoms with van der Waals surface area (Å²) >= 11 is 11.7. The van der Waals surface area contributed by atoms with Crippen LogP contribution in [0.3, 0.4) is 0 Å². The summed E-state index contributed by atoms with van der Waals surface area (Å²) in [5, 5.41) is 8.87. The van der Waals surface area contributed by atoms with Gasteiger partial charge in [0.15, 0.2) is 0 Å². The number of rotatable bonds is 3. The van der Waals surface area contributed by atoms with Gasteiger partial charge in [0, 0.05) is 11.5 Å². The topological polar surface area (TPSA) is 37.3 Å². The van der Waals surface area contributed by atoms with Crippen LogP contribution in [0.2, 0.25) is 0 Å². The summed E-state index contributed by atoms with van der Waals surface area (Å²) in [6.07, 6.45) is -2.55. The molecule has 0 heterocycles. The fraction of sp³-hybridized carbons (Fsp3) is 0.364. The molecule has 0 unspecified atom stereocenters. The Kier molecular flexibility index (Phi) is 3.04. The number of carboxylic acid groups (broad SMARTS) is 1. The number of hydrogen-bond donors (Lipinski definition) is 1.